The summed E-state index contributed by atoms with van der Waals surface area (Å²) >= 11 is 0. The van der Waals surface area contributed by atoms with E-state index in [1.807, 2.05) is 31.2 Å². The molecule has 1 heterocycles. The molecule has 28 heavy (non-hydrogen) atoms. The highest BCUT2D eigenvalue weighted by Gasteiger charge is 2.19. The number of rotatable bonds is 4. The fraction of sp³-hybridized carbons (Fsp3) is 0.348. The third kappa shape index (κ3) is 3.57. The number of carbonyl (C=O) groups is 1. The fourth-order valence-corrected chi connectivity index (χ4v) is 3.41. The zero-order valence-electron chi connectivity index (χ0n) is 17.4. The van der Waals surface area contributed by atoms with Crippen LogP contribution in [0.25, 0.3) is 10.9 Å². The predicted molar refractivity (Wildman–Crippen MR) is 114 cm³/mol. The van der Waals surface area contributed by atoms with Gasteiger partial charge in [0.1, 0.15) is 5.84 Å². The van der Waals surface area contributed by atoms with Crippen molar-refractivity contribution >= 4 is 28.4 Å². The van der Waals surface area contributed by atoms with E-state index in [1.54, 1.807) is 4.68 Å². The van der Waals surface area contributed by atoms with Gasteiger partial charge in [-0.3, -0.25) is 0 Å². The molecule has 0 saturated carbocycles. The van der Waals surface area contributed by atoms with E-state index in [4.69, 9.17) is 9.73 Å². The van der Waals surface area contributed by atoms with Gasteiger partial charge in [0.2, 0.25) is 0 Å². The molecular weight excluding hydrogens is 350 g/mol. The number of para-hydroxylation sites is 2. The lowest BCUT2D eigenvalue weighted by Crippen LogP contribution is -2.11. The number of esters is 1. The van der Waals surface area contributed by atoms with Gasteiger partial charge in [0, 0.05) is 5.39 Å². The minimum absolute atomic E-state index is 0.300. The normalized spacial score (nSPS) is 12.2. The molecule has 0 bridgehead atoms. The Hall–Kier alpha value is -2.95. The van der Waals surface area contributed by atoms with Gasteiger partial charge >= 0.3 is 5.97 Å². The Bertz CT molecular complexity index is 1020. The van der Waals surface area contributed by atoms with Gasteiger partial charge in [-0.1, -0.05) is 64.1 Å². The van der Waals surface area contributed by atoms with E-state index in [0.29, 0.717) is 23.4 Å². The van der Waals surface area contributed by atoms with Gasteiger partial charge in [-0.25, -0.2) is 14.5 Å². The average molecular weight is 377 g/mol. The van der Waals surface area contributed by atoms with Crippen molar-refractivity contribution in [2.75, 3.05) is 7.11 Å². The van der Waals surface area contributed by atoms with E-state index in [1.165, 1.54) is 18.2 Å². The number of fused-ring (bicyclic) bond motifs is 1. The quantitative estimate of drug-likeness (QED) is 0.334. The highest BCUT2D eigenvalue weighted by molar-refractivity contribution is 6.05. The molecule has 5 heteroatoms. The smallest absolute Gasteiger partial charge is 0.359 e. The summed E-state index contributed by atoms with van der Waals surface area (Å²) in [5.41, 5.74) is 4.53. The average Bonchev–Trinajstić information content (AvgIpc) is 3.07. The standard InChI is InChI=1S/C23H27N3O2/c1-14(2)17-11-9-12-18(15(3)4)21(17)24-16(5)26-20-13-8-7-10-19(20)22(25-26)23(27)28-6/h7-15H,1-6H3. The summed E-state index contributed by atoms with van der Waals surface area (Å²) in [4.78, 5) is 17.2. The van der Waals surface area contributed by atoms with E-state index in [-0.39, 0.29) is 0 Å². The Kier molecular flexibility index (Phi) is 5.63. The van der Waals surface area contributed by atoms with Crippen LogP contribution in [-0.2, 0) is 4.74 Å². The lowest BCUT2D eigenvalue weighted by molar-refractivity contribution is 0.0596. The van der Waals surface area contributed by atoms with Gasteiger partial charge in [-0.2, -0.15) is 5.10 Å². The molecule has 0 atom stereocenters. The minimum Gasteiger partial charge on any atom is -0.464 e. The van der Waals surface area contributed by atoms with E-state index >= 15 is 0 Å². The largest absolute Gasteiger partial charge is 0.464 e. The molecule has 0 aliphatic carbocycles. The molecule has 0 aliphatic heterocycles. The van der Waals surface area contributed by atoms with Crippen molar-refractivity contribution < 1.29 is 9.53 Å². The summed E-state index contributed by atoms with van der Waals surface area (Å²) in [5.74, 6) is 0.963. The highest BCUT2D eigenvalue weighted by Crippen LogP contribution is 2.35. The van der Waals surface area contributed by atoms with Crippen LogP contribution in [0, 0.1) is 0 Å². The van der Waals surface area contributed by atoms with Gasteiger partial charge in [0.05, 0.1) is 18.3 Å². The number of hydrogen-bond donors (Lipinski definition) is 0. The summed E-state index contributed by atoms with van der Waals surface area (Å²) < 4.78 is 6.63. The van der Waals surface area contributed by atoms with Crippen molar-refractivity contribution in [3.8, 4) is 0 Å². The molecule has 0 amide bonds. The summed E-state index contributed by atoms with van der Waals surface area (Å²) in [7, 11) is 1.37. The van der Waals surface area contributed by atoms with Crippen molar-refractivity contribution in [2.24, 2.45) is 4.99 Å². The minimum atomic E-state index is -0.451. The molecule has 3 aromatic rings. The molecule has 0 saturated heterocycles. The molecule has 1 aromatic heterocycles. The second-order valence-electron chi connectivity index (χ2n) is 7.52. The van der Waals surface area contributed by atoms with Crippen molar-refractivity contribution in [1.29, 1.82) is 0 Å². The van der Waals surface area contributed by atoms with Crippen LogP contribution in [-0.4, -0.2) is 28.7 Å². The van der Waals surface area contributed by atoms with Crippen LogP contribution in [0.4, 0.5) is 5.69 Å². The number of ether oxygens (including phenoxy) is 1. The van der Waals surface area contributed by atoms with Crippen LogP contribution in [0.1, 0.15) is 68.1 Å². The summed E-state index contributed by atoms with van der Waals surface area (Å²) in [6.07, 6.45) is 0. The number of hydrogen-bond acceptors (Lipinski definition) is 4. The first-order valence-corrected chi connectivity index (χ1v) is 9.59. The number of aliphatic imine (C=N–C) groups is 1. The molecule has 0 radical (unpaired) electrons. The summed E-state index contributed by atoms with van der Waals surface area (Å²) in [6.45, 7) is 10.6. The molecule has 0 spiro atoms. The number of carbonyl (C=O) groups excluding carboxylic acids is 1. The van der Waals surface area contributed by atoms with Gasteiger partial charge in [0.25, 0.3) is 0 Å². The van der Waals surface area contributed by atoms with Crippen molar-refractivity contribution in [3.05, 3.63) is 59.3 Å². The monoisotopic (exact) mass is 377 g/mol. The Morgan fingerprint density at radius 2 is 1.61 bits per heavy atom. The molecule has 146 valence electrons. The second-order valence-corrected chi connectivity index (χ2v) is 7.52. The van der Waals surface area contributed by atoms with E-state index in [0.717, 1.165) is 16.6 Å². The van der Waals surface area contributed by atoms with Crippen molar-refractivity contribution in [2.45, 2.75) is 46.5 Å². The van der Waals surface area contributed by atoms with Gasteiger partial charge in [0.15, 0.2) is 5.69 Å². The lowest BCUT2D eigenvalue weighted by atomic mass is 9.93. The molecule has 0 aliphatic rings. The maximum atomic E-state index is 12.2. The topological polar surface area (TPSA) is 56.5 Å². The molecule has 5 nitrogen and oxygen atoms in total. The lowest BCUT2D eigenvalue weighted by Gasteiger charge is -2.17. The number of benzene rings is 2. The first-order chi connectivity index (χ1) is 13.3. The second kappa shape index (κ2) is 7.97. The maximum Gasteiger partial charge on any atom is 0.359 e. The molecule has 0 fully saturated rings. The van der Waals surface area contributed by atoms with Gasteiger partial charge < -0.3 is 4.74 Å². The molecule has 2 aromatic carbocycles. The maximum absolute atomic E-state index is 12.2. The fourth-order valence-electron chi connectivity index (χ4n) is 3.41. The first-order valence-electron chi connectivity index (χ1n) is 9.59. The van der Waals surface area contributed by atoms with E-state index in [2.05, 4.69) is 51.0 Å². The van der Waals surface area contributed by atoms with E-state index in [9.17, 15) is 4.79 Å². The molecule has 0 unspecified atom stereocenters. The Morgan fingerprint density at radius 1 is 1.00 bits per heavy atom. The van der Waals surface area contributed by atoms with Crippen LogP contribution in [0.15, 0.2) is 47.5 Å². The number of methoxy groups -OCH3 is 1. The Balaban J connectivity index is 2.23. The molecular formula is C23H27N3O2. The number of aromatic nitrogens is 2. The van der Waals surface area contributed by atoms with Crippen LogP contribution in [0.5, 0.6) is 0 Å². The molecule has 3 rings (SSSR count). The van der Waals surface area contributed by atoms with Crippen molar-refractivity contribution in [3.63, 3.8) is 0 Å². The Labute approximate surface area is 166 Å². The van der Waals surface area contributed by atoms with E-state index < -0.39 is 5.97 Å². The zero-order valence-corrected chi connectivity index (χ0v) is 17.4. The number of nitrogens with zero attached hydrogens (tertiary/aromatic N) is 3. The Morgan fingerprint density at radius 3 is 2.18 bits per heavy atom. The van der Waals surface area contributed by atoms with Crippen LogP contribution in [0.3, 0.4) is 0 Å². The van der Waals surface area contributed by atoms with Gasteiger partial charge in [-0.15, -0.1) is 0 Å². The van der Waals surface area contributed by atoms with Crippen LogP contribution >= 0.6 is 0 Å². The predicted octanol–water partition coefficient (Wildman–Crippen LogP) is 5.67. The molecule has 0 N–H and O–H groups in total. The third-order valence-electron chi connectivity index (χ3n) is 4.89. The first kappa shape index (κ1) is 19.8. The summed E-state index contributed by atoms with van der Waals surface area (Å²) in [6, 6.07) is 14.0. The van der Waals surface area contributed by atoms with Crippen LogP contribution < -0.4 is 0 Å². The van der Waals surface area contributed by atoms with Crippen LogP contribution in [0.2, 0.25) is 0 Å². The third-order valence-corrected chi connectivity index (χ3v) is 4.89. The highest BCUT2D eigenvalue weighted by atomic mass is 16.5. The SMILES string of the molecule is COC(=O)c1nn(C(C)=Nc2c(C(C)C)cccc2C(C)C)c2ccccc12. The zero-order chi connectivity index (χ0) is 20.4. The van der Waals surface area contributed by atoms with Crippen molar-refractivity contribution in [1.82, 2.24) is 9.78 Å². The summed E-state index contributed by atoms with van der Waals surface area (Å²) in [5, 5.41) is 5.27. The van der Waals surface area contributed by atoms with Gasteiger partial charge in [-0.05, 0) is 36.0 Å².